The van der Waals surface area contributed by atoms with Gasteiger partial charge in [-0.25, -0.2) is 0 Å². The topological polar surface area (TPSA) is 21.3 Å². The van der Waals surface area contributed by atoms with Gasteiger partial charge in [-0.05, 0) is 42.2 Å². The maximum atomic E-state index is 5.31. The average molecular weight is 293 g/mol. The number of hydrogen-bond acceptors (Lipinski definition) is 2. The van der Waals surface area contributed by atoms with Crippen LogP contribution in [-0.2, 0) is 5.41 Å². The highest BCUT2D eigenvalue weighted by Crippen LogP contribution is 2.55. The fourth-order valence-electron chi connectivity index (χ4n) is 4.43. The van der Waals surface area contributed by atoms with Crippen LogP contribution in [0.1, 0.15) is 49.3 Å². The highest BCUT2D eigenvalue weighted by Gasteiger charge is 2.47. The maximum Gasteiger partial charge on any atom is 0.118 e. The molecule has 4 rings (SSSR count). The maximum absolute atomic E-state index is 5.31. The lowest BCUT2D eigenvalue weighted by atomic mass is 9.65. The van der Waals surface area contributed by atoms with Crippen LogP contribution in [0.25, 0.3) is 0 Å². The molecule has 1 heterocycles. The zero-order valence-electron chi connectivity index (χ0n) is 13.1. The number of rotatable bonds is 2. The highest BCUT2D eigenvalue weighted by molar-refractivity contribution is 5.64. The number of anilines is 1. The third-order valence-electron chi connectivity index (χ3n) is 5.51. The summed E-state index contributed by atoms with van der Waals surface area (Å²) in [6.07, 6.45) is 6.62. The summed E-state index contributed by atoms with van der Waals surface area (Å²) in [5, 5.41) is 3.81. The molecule has 1 N–H and O–H groups in total. The van der Waals surface area contributed by atoms with Crippen molar-refractivity contribution in [2.75, 3.05) is 12.4 Å². The van der Waals surface area contributed by atoms with E-state index in [4.69, 9.17) is 4.74 Å². The molecule has 2 nitrogen and oxygen atoms in total. The molecule has 1 atom stereocenters. The van der Waals surface area contributed by atoms with E-state index in [-0.39, 0.29) is 5.41 Å². The van der Waals surface area contributed by atoms with E-state index in [1.807, 2.05) is 0 Å². The van der Waals surface area contributed by atoms with Crippen LogP contribution in [0.3, 0.4) is 0 Å². The lowest BCUT2D eigenvalue weighted by molar-refractivity contribution is 0.270. The zero-order chi connectivity index (χ0) is 15.0. The number of para-hydroxylation sites is 1. The SMILES string of the molecule is COc1ccc([C@@H]2Nc3ccccc3C23CCCCC3)cc1. The minimum atomic E-state index is 0.267. The molecule has 1 spiro atoms. The molecule has 0 aromatic heterocycles. The van der Waals surface area contributed by atoms with E-state index in [0.29, 0.717) is 6.04 Å². The van der Waals surface area contributed by atoms with Gasteiger partial charge >= 0.3 is 0 Å². The van der Waals surface area contributed by atoms with Gasteiger partial charge in [0.25, 0.3) is 0 Å². The van der Waals surface area contributed by atoms with E-state index in [9.17, 15) is 0 Å². The van der Waals surface area contributed by atoms with E-state index in [1.165, 1.54) is 48.9 Å². The van der Waals surface area contributed by atoms with Gasteiger partial charge < -0.3 is 10.1 Å². The number of methoxy groups -OCH3 is 1. The van der Waals surface area contributed by atoms with Crippen molar-refractivity contribution in [2.24, 2.45) is 0 Å². The van der Waals surface area contributed by atoms with Gasteiger partial charge in [0.1, 0.15) is 5.75 Å². The molecular weight excluding hydrogens is 270 g/mol. The van der Waals surface area contributed by atoms with E-state index >= 15 is 0 Å². The third kappa shape index (κ3) is 2.01. The van der Waals surface area contributed by atoms with Gasteiger partial charge in [0.05, 0.1) is 13.2 Å². The molecule has 0 radical (unpaired) electrons. The van der Waals surface area contributed by atoms with Crippen LogP contribution in [0.5, 0.6) is 5.75 Å². The second kappa shape index (κ2) is 5.35. The van der Waals surface area contributed by atoms with Gasteiger partial charge in [-0.3, -0.25) is 0 Å². The summed E-state index contributed by atoms with van der Waals surface area (Å²) in [5.41, 5.74) is 4.49. The van der Waals surface area contributed by atoms with Crippen LogP contribution in [-0.4, -0.2) is 7.11 Å². The minimum Gasteiger partial charge on any atom is -0.497 e. The van der Waals surface area contributed by atoms with Gasteiger partial charge in [-0.15, -0.1) is 0 Å². The summed E-state index contributed by atoms with van der Waals surface area (Å²) in [6.45, 7) is 0. The molecular formula is C20H23NO. The number of ether oxygens (including phenoxy) is 1. The molecule has 1 aliphatic heterocycles. The Kier molecular flexibility index (Phi) is 3.33. The van der Waals surface area contributed by atoms with Gasteiger partial charge in [0.2, 0.25) is 0 Å². The number of fused-ring (bicyclic) bond motifs is 2. The van der Waals surface area contributed by atoms with Crippen molar-refractivity contribution in [3.05, 3.63) is 59.7 Å². The van der Waals surface area contributed by atoms with Gasteiger partial charge in [-0.1, -0.05) is 49.6 Å². The van der Waals surface area contributed by atoms with Crippen molar-refractivity contribution in [3.8, 4) is 5.75 Å². The summed E-state index contributed by atoms with van der Waals surface area (Å²) in [4.78, 5) is 0. The first kappa shape index (κ1) is 13.7. The van der Waals surface area contributed by atoms with Crippen molar-refractivity contribution < 1.29 is 4.74 Å². The molecule has 2 heteroatoms. The quantitative estimate of drug-likeness (QED) is 0.835. The first-order valence-electron chi connectivity index (χ1n) is 8.33. The van der Waals surface area contributed by atoms with Crippen molar-refractivity contribution in [1.82, 2.24) is 0 Å². The van der Waals surface area contributed by atoms with Crippen LogP contribution in [0.4, 0.5) is 5.69 Å². The van der Waals surface area contributed by atoms with Crippen molar-refractivity contribution >= 4 is 5.69 Å². The van der Waals surface area contributed by atoms with Crippen LogP contribution in [0.15, 0.2) is 48.5 Å². The zero-order valence-corrected chi connectivity index (χ0v) is 13.1. The molecule has 2 aliphatic rings. The van der Waals surface area contributed by atoms with Crippen molar-refractivity contribution in [3.63, 3.8) is 0 Å². The predicted octanol–water partition coefficient (Wildman–Crippen LogP) is 5.06. The normalized spacial score (nSPS) is 22.1. The monoisotopic (exact) mass is 293 g/mol. The molecule has 2 aromatic rings. The van der Waals surface area contributed by atoms with Crippen LogP contribution in [0.2, 0.25) is 0 Å². The number of nitrogens with one attached hydrogen (secondary N) is 1. The van der Waals surface area contributed by atoms with E-state index in [2.05, 4.69) is 53.8 Å². The summed E-state index contributed by atoms with van der Waals surface area (Å²) < 4.78 is 5.31. The Labute approximate surface area is 132 Å². The van der Waals surface area contributed by atoms with Crippen LogP contribution in [0, 0.1) is 0 Å². The summed E-state index contributed by atoms with van der Waals surface area (Å²) in [5.74, 6) is 0.928. The third-order valence-corrected chi connectivity index (χ3v) is 5.51. The Balaban J connectivity index is 1.78. The molecule has 22 heavy (non-hydrogen) atoms. The molecule has 2 aromatic carbocycles. The smallest absolute Gasteiger partial charge is 0.118 e. The second-order valence-electron chi connectivity index (χ2n) is 6.61. The first-order valence-corrected chi connectivity index (χ1v) is 8.33. The summed E-state index contributed by atoms with van der Waals surface area (Å²) in [7, 11) is 1.72. The standard InChI is InChI=1S/C20H23NO/c1-22-16-11-9-15(10-12-16)19-20(13-5-2-6-14-20)17-7-3-4-8-18(17)21-19/h3-4,7-12,19,21H,2,5-6,13-14H2,1H3/t19-/m0/s1. The van der Waals surface area contributed by atoms with Crippen molar-refractivity contribution in [2.45, 2.75) is 43.6 Å². The molecule has 0 amide bonds. The second-order valence-corrected chi connectivity index (χ2v) is 6.61. The first-order chi connectivity index (χ1) is 10.8. The molecule has 0 unspecified atom stereocenters. The van der Waals surface area contributed by atoms with E-state index < -0.39 is 0 Å². The fraction of sp³-hybridized carbons (Fsp3) is 0.400. The Bertz CT molecular complexity index is 656. The lowest BCUT2D eigenvalue weighted by Crippen LogP contribution is -2.34. The van der Waals surface area contributed by atoms with Gasteiger partial charge in [0, 0.05) is 11.1 Å². The summed E-state index contributed by atoms with van der Waals surface area (Å²) >= 11 is 0. The fourth-order valence-corrected chi connectivity index (χ4v) is 4.43. The van der Waals surface area contributed by atoms with Gasteiger partial charge in [0.15, 0.2) is 0 Å². The highest BCUT2D eigenvalue weighted by atomic mass is 16.5. The van der Waals surface area contributed by atoms with Gasteiger partial charge in [-0.2, -0.15) is 0 Å². The van der Waals surface area contributed by atoms with E-state index in [1.54, 1.807) is 7.11 Å². The predicted molar refractivity (Wildman–Crippen MR) is 90.6 cm³/mol. The minimum absolute atomic E-state index is 0.267. The number of hydrogen-bond donors (Lipinski definition) is 1. The van der Waals surface area contributed by atoms with Crippen LogP contribution >= 0.6 is 0 Å². The Morgan fingerprint density at radius 1 is 0.955 bits per heavy atom. The summed E-state index contributed by atoms with van der Waals surface area (Å²) in [6, 6.07) is 17.9. The van der Waals surface area contributed by atoms with Crippen molar-refractivity contribution in [1.29, 1.82) is 0 Å². The largest absolute Gasteiger partial charge is 0.497 e. The molecule has 1 aliphatic carbocycles. The number of benzene rings is 2. The molecule has 1 saturated carbocycles. The molecule has 0 bridgehead atoms. The molecule has 1 fully saturated rings. The lowest BCUT2D eigenvalue weighted by Gasteiger charge is -2.39. The van der Waals surface area contributed by atoms with Crippen LogP contribution < -0.4 is 10.1 Å². The Hall–Kier alpha value is -1.96. The average Bonchev–Trinajstić information content (AvgIpc) is 2.90. The molecule has 114 valence electrons. The van der Waals surface area contributed by atoms with E-state index in [0.717, 1.165) is 5.75 Å². The molecule has 0 saturated heterocycles. The Morgan fingerprint density at radius 3 is 2.41 bits per heavy atom. The Morgan fingerprint density at radius 2 is 1.68 bits per heavy atom.